The Bertz CT molecular complexity index is 458. The van der Waals surface area contributed by atoms with Gasteiger partial charge in [0.15, 0.2) is 0 Å². The maximum absolute atomic E-state index is 11.6. The summed E-state index contributed by atoms with van der Waals surface area (Å²) in [5.74, 6) is 1.05. The lowest BCUT2D eigenvalue weighted by molar-refractivity contribution is -0.144. The van der Waals surface area contributed by atoms with Gasteiger partial charge in [-0.15, -0.1) is 0 Å². The van der Waals surface area contributed by atoms with Crippen LogP contribution in [0, 0.1) is 0 Å². The summed E-state index contributed by atoms with van der Waals surface area (Å²) in [5.41, 5.74) is -0.823. The van der Waals surface area contributed by atoms with Crippen molar-refractivity contribution in [2.45, 2.75) is 44.7 Å². The number of ether oxygens (including phenoxy) is 1. The van der Waals surface area contributed by atoms with E-state index in [4.69, 9.17) is 4.74 Å². The van der Waals surface area contributed by atoms with Crippen LogP contribution < -0.4 is 10.6 Å². The lowest BCUT2D eigenvalue weighted by Crippen LogP contribution is -2.41. The minimum Gasteiger partial charge on any atom is -0.467 e. The first kappa shape index (κ1) is 13.6. The standard InChI is InChI=1S/C13H20N4O2/c1-13(2,12(18)19-3)17-11-7-10(14-8-15-11)16-9-5-4-6-9/h7-9H,4-6H2,1-3H3,(H2,14,15,16,17). The van der Waals surface area contributed by atoms with Crippen LogP contribution in [-0.2, 0) is 9.53 Å². The normalized spacial score (nSPS) is 15.5. The molecule has 0 bridgehead atoms. The third-order valence-electron chi connectivity index (χ3n) is 3.26. The predicted octanol–water partition coefficient (Wildman–Crippen LogP) is 1.80. The van der Waals surface area contributed by atoms with Gasteiger partial charge < -0.3 is 15.4 Å². The highest BCUT2D eigenvalue weighted by Crippen LogP contribution is 2.23. The first-order valence-corrected chi connectivity index (χ1v) is 6.46. The number of esters is 1. The fourth-order valence-corrected chi connectivity index (χ4v) is 1.89. The van der Waals surface area contributed by atoms with Gasteiger partial charge in [-0.1, -0.05) is 0 Å². The SMILES string of the molecule is COC(=O)C(C)(C)Nc1cc(NC2CCC2)ncn1. The van der Waals surface area contributed by atoms with Crippen LogP contribution in [0.2, 0.25) is 0 Å². The molecular formula is C13H20N4O2. The van der Waals surface area contributed by atoms with Gasteiger partial charge in [-0.3, -0.25) is 0 Å². The second-order valence-electron chi connectivity index (χ2n) is 5.30. The van der Waals surface area contributed by atoms with E-state index in [2.05, 4.69) is 20.6 Å². The van der Waals surface area contributed by atoms with Gasteiger partial charge in [-0.05, 0) is 33.1 Å². The van der Waals surface area contributed by atoms with Crippen molar-refractivity contribution in [3.63, 3.8) is 0 Å². The fourth-order valence-electron chi connectivity index (χ4n) is 1.89. The number of carbonyl (C=O) groups is 1. The summed E-state index contributed by atoms with van der Waals surface area (Å²) in [6.07, 6.45) is 5.11. The third kappa shape index (κ3) is 3.33. The summed E-state index contributed by atoms with van der Waals surface area (Å²) in [6.45, 7) is 3.50. The molecule has 1 heterocycles. The minimum absolute atomic E-state index is 0.334. The summed E-state index contributed by atoms with van der Waals surface area (Å²) < 4.78 is 4.75. The van der Waals surface area contributed by atoms with Gasteiger partial charge in [0.2, 0.25) is 0 Å². The van der Waals surface area contributed by atoms with Crippen LogP contribution in [0.3, 0.4) is 0 Å². The molecule has 6 nitrogen and oxygen atoms in total. The second-order valence-corrected chi connectivity index (χ2v) is 5.30. The smallest absolute Gasteiger partial charge is 0.330 e. The Morgan fingerprint density at radius 3 is 2.63 bits per heavy atom. The van der Waals surface area contributed by atoms with Crippen LogP contribution in [0.4, 0.5) is 11.6 Å². The van der Waals surface area contributed by atoms with Crippen LogP contribution >= 0.6 is 0 Å². The topological polar surface area (TPSA) is 76.1 Å². The molecule has 2 N–H and O–H groups in total. The zero-order chi connectivity index (χ0) is 13.9. The number of anilines is 2. The molecule has 1 aliphatic rings. The molecule has 1 fully saturated rings. The van der Waals surface area contributed by atoms with E-state index in [9.17, 15) is 4.79 Å². The molecule has 104 valence electrons. The molecule has 1 saturated carbocycles. The van der Waals surface area contributed by atoms with Crippen molar-refractivity contribution in [2.24, 2.45) is 0 Å². The molecule has 0 saturated heterocycles. The van der Waals surface area contributed by atoms with Crippen molar-refractivity contribution in [1.82, 2.24) is 9.97 Å². The Morgan fingerprint density at radius 1 is 1.37 bits per heavy atom. The lowest BCUT2D eigenvalue weighted by atomic mass is 9.93. The Morgan fingerprint density at radius 2 is 2.05 bits per heavy atom. The average Bonchev–Trinajstić information content (AvgIpc) is 2.32. The number of aromatic nitrogens is 2. The molecule has 0 amide bonds. The first-order valence-electron chi connectivity index (χ1n) is 6.46. The van der Waals surface area contributed by atoms with E-state index >= 15 is 0 Å². The van der Waals surface area contributed by atoms with Gasteiger partial charge in [0.25, 0.3) is 0 Å². The fraction of sp³-hybridized carbons (Fsp3) is 0.615. The number of hydrogen-bond donors (Lipinski definition) is 2. The highest BCUT2D eigenvalue weighted by molar-refractivity contribution is 5.83. The van der Waals surface area contributed by atoms with Crippen molar-refractivity contribution in [2.75, 3.05) is 17.7 Å². The quantitative estimate of drug-likeness (QED) is 0.790. The van der Waals surface area contributed by atoms with Crippen LogP contribution in [0.25, 0.3) is 0 Å². The second kappa shape index (κ2) is 5.42. The van der Waals surface area contributed by atoms with Crippen LogP contribution in [0.15, 0.2) is 12.4 Å². The molecule has 19 heavy (non-hydrogen) atoms. The number of nitrogens with zero attached hydrogens (tertiary/aromatic N) is 2. The van der Waals surface area contributed by atoms with Crippen LogP contribution in [-0.4, -0.2) is 34.6 Å². The molecule has 0 aliphatic heterocycles. The van der Waals surface area contributed by atoms with E-state index in [-0.39, 0.29) is 5.97 Å². The van der Waals surface area contributed by atoms with Crippen molar-refractivity contribution in [3.05, 3.63) is 12.4 Å². The molecule has 0 radical (unpaired) electrons. The molecule has 0 aromatic carbocycles. The van der Waals surface area contributed by atoms with Crippen molar-refractivity contribution in [3.8, 4) is 0 Å². The maximum atomic E-state index is 11.6. The maximum Gasteiger partial charge on any atom is 0.330 e. The minimum atomic E-state index is -0.823. The first-order chi connectivity index (χ1) is 9.01. The molecule has 1 aromatic heterocycles. The zero-order valence-corrected chi connectivity index (χ0v) is 11.6. The summed E-state index contributed by atoms with van der Waals surface area (Å²) in [5, 5.41) is 6.39. The highest BCUT2D eigenvalue weighted by Gasteiger charge is 2.29. The van der Waals surface area contributed by atoms with Crippen LogP contribution in [0.1, 0.15) is 33.1 Å². The van der Waals surface area contributed by atoms with E-state index in [0.29, 0.717) is 11.9 Å². The van der Waals surface area contributed by atoms with Crippen LogP contribution in [0.5, 0.6) is 0 Å². The zero-order valence-electron chi connectivity index (χ0n) is 11.6. The number of carbonyl (C=O) groups excluding carboxylic acids is 1. The Balaban J connectivity index is 2.03. The summed E-state index contributed by atoms with van der Waals surface area (Å²) in [7, 11) is 1.37. The van der Waals surface area contributed by atoms with E-state index in [1.807, 2.05) is 6.07 Å². The molecule has 1 aliphatic carbocycles. The lowest BCUT2D eigenvalue weighted by Gasteiger charge is -2.27. The van der Waals surface area contributed by atoms with E-state index < -0.39 is 5.54 Å². The average molecular weight is 264 g/mol. The van der Waals surface area contributed by atoms with Gasteiger partial charge in [-0.25, -0.2) is 14.8 Å². The number of rotatable bonds is 5. The molecule has 0 spiro atoms. The molecule has 1 aromatic rings. The monoisotopic (exact) mass is 264 g/mol. The van der Waals surface area contributed by atoms with Gasteiger partial charge in [-0.2, -0.15) is 0 Å². The van der Waals surface area contributed by atoms with Gasteiger partial charge in [0.1, 0.15) is 23.5 Å². The molecule has 6 heteroatoms. The largest absolute Gasteiger partial charge is 0.467 e. The number of hydrogen-bond acceptors (Lipinski definition) is 6. The van der Waals surface area contributed by atoms with Gasteiger partial charge >= 0.3 is 5.97 Å². The predicted molar refractivity (Wildman–Crippen MR) is 73.0 cm³/mol. The molecule has 2 rings (SSSR count). The summed E-state index contributed by atoms with van der Waals surface area (Å²) in [6, 6.07) is 2.32. The Labute approximate surface area is 113 Å². The van der Waals surface area contributed by atoms with Crippen molar-refractivity contribution >= 4 is 17.6 Å². The van der Waals surface area contributed by atoms with E-state index in [1.54, 1.807) is 13.8 Å². The molecule has 0 unspecified atom stereocenters. The Kier molecular flexibility index (Phi) is 3.87. The van der Waals surface area contributed by atoms with Crippen molar-refractivity contribution < 1.29 is 9.53 Å². The highest BCUT2D eigenvalue weighted by atomic mass is 16.5. The number of methoxy groups -OCH3 is 1. The summed E-state index contributed by atoms with van der Waals surface area (Å²) >= 11 is 0. The van der Waals surface area contributed by atoms with E-state index in [1.165, 1.54) is 32.7 Å². The van der Waals surface area contributed by atoms with Crippen molar-refractivity contribution in [1.29, 1.82) is 0 Å². The number of nitrogens with one attached hydrogen (secondary N) is 2. The third-order valence-corrected chi connectivity index (χ3v) is 3.26. The molecule has 0 atom stereocenters. The van der Waals surface area contributed by atoms with E-state index in [0.717, 1.165) is 5.82 Å². The molecular weight excluding hydrogens is 244 g/mol. The van der Waals surface area contributed by atoms with Gasteiger partial charge in [0, 0.05) is 12.1 Å². The summed E-state index contributed by atoms with van der Waals surface area (Å²) in [4.78, 5) is 19.9. The van der Waals surface area contributed by atoms with Gasteiger partial charge in [0.05, 0.1) is 7.11 Å². The Hall–Kier alpha value is -1.85.